The Balaban J connectivity index is 2.05. The summed E-state index contributed by atoms with van der Waals surface area (Å²) in [6, 6.07) is 5.31. The van der Waals surface area contributed by atoms with Crippen LogP contribution in [-0.2, 0) is 11.2 Å². The zero-order valence-corrected chi connectivity index (χ0v) is 11.1. The summed E-state index contributed by atoms with van der Waals surface area (Å²) >= 11 is 5.89. The van der Waals surface area contributed by atoms with Gasteiger partial charge in [-0.2, -0.15) is 0 Å². The number of nitrogens with one attached hydrogen (secondary N) is 1. The molecule has 2 N–H and O–H groups in total. The predicted octanol–water partition coefficient (Wildman–Crippen LogP) is 1.53. The average Bonchev–Trinajstić information content (AvgIpc) is 2.71. The zero-order valence-electron chi connectivity index (χ0n) is 10.4. The number of aliphatic hydroxyl groups excluding tert-OH is 1. The Morgan fingerprint density at radius 2 is 2.33 bits per heavy atom. The standard InChI is InChI=1S/C13H16ClNO3/c1-13(2,7-16)15-12(17)11-6-8-5-9(14)3-4-10(8)18-11/h3-5,11,16H,6-7H2,1-2H3,(H,15,17). The van der Waals surface area contributed by atoms with Crippen LogP contribution in [0.3, 0.4) is 0 Å². The fourth-order valence-corrected chi connectivity index (χ4v) is 2.01. The molecule has 1 amide bonds. The van der Waals surface area contributed by atoms with Crippen molar-refractivity contribution in [2.75, 3.05) is 6.61 Å². The van der Waals surface area contributed by atoms with E-state index in [2.05, 4.69) is 5.32 Å². The number of ether oxygens (including phenoxy) is 1. The van der Waals surface area contributed by atoms with Gasteiger partial charge in [0.1, 0.15) is 5.75 Å². The van der Waals surface area contributed by atoms with Gasteiger partial charge in [0, 0.05) is 11.4 Å². The van der Waals surface area contributed by atoms with Crippen LogP contribution in [0.2, 0.25) is 5.02 Å². The lowest BCUT2D eigenvalue weighted by Gasteiger charge is -2.25. The Kier molecular flexibility index (Phi) is 3.50. The predicted molar refractivity (Wildman–Crippen MR) is 68.9 cm³/mol. The van der Waals surface area contributed by atoms with Crippen molar-refractivity contribution >= 4 is 17.5 Å². The van der Waals surface area contributed by atoms with Gasteiger partial charge in [0.15, 0.2) is 6.10 Å². The molecule has 5 heteroatoms. The Labute approximate surface area is 111 Å². The molecule has 0 saturated carbocycles. The molecular weight excluding hydrogens is 254 g/mol. The molecule has 1 atom stereocenters. The van der Waals surface area contributed by atoms with Gasteiger partial charge in [-0.3, -0.25) is 4.79 Å². The summed E-state index contributed by atoms with van der Waals surface area (Å²) in [5.74, 6) is 0.475. The maximum absolute atomic E-state index is 12.0. The monoisotopic (exact) mass is 269 g/mol. The molecule has 1 heterocycles. The number of amides is 1. The third-order valence-electron chi connectivity index (χ3n) is 2.85. The minimum atomic E-state index is -0.646. The molecule has 1 aromatic rings. The third kappa shape index (κ3) is 2.76. The molecule has 1 aliphatic rings. The summed E-state index contributed by atoms with van der Waals surface area (Å²) in [5.41, 5.74) is 0.289. The lowest BCUT2D eigenvalue weighted by atomic mass is 10.1. The Morgan fingerprint density at radius 1 is 1.61 bits per heavy atom. The molecule has 4 nitrogen and oxygen atoms in total. The van der Waals surface area contributed by atoms with Gasteiger partial charge in [-0.05, 0) is 37.6 Å². The van der Waals surface area contributed by atoms with Gasteiger partial charge in [-0.15, -0.1) is 0 Å². The molecule has 0 radical (unpaired) electrons. The van der Waals surface area contributed by atoms with Gasteiger partial charge in [-0.1, -0.05) is 11.6 Å². The highest BCUT2D eigenvalue weighted by Gasteiger charge is 2.32. The summed E-state index contributed by atoms with van der Waals surface area (Å²) in [7, 11) is 0. The number of halogens is 1. The molecule has 1 aliphatic heterocycles. The normalized spacial score (nSPS) is 18.1. The molecule has 0 bridgehead atoms. The topological polar surface area (TPSA) is 58.6 Å². The van der Waals surface area contributed by atoms with Crippen LogP contribution in [0.25, 0.3) is 0 Å². The van der Waals surface area contributed by atoms with Gasteiger partial charge in [0.05, 0.1) is 12.1 Å². The van der Waals surface area contributed by atoms with Crippen LogP contribution in [0, 0.1) is 0 Å². The molecule has 0 saturated heterocycles. The molecule has 1 unspecified atom stereocenters. The first kappa shape index (κ1) is 13.2. The smallest absolute Gasteiger partial charge is 0.261 e. The molecule has 0 aliphatic carbocycles. The number of fused-ring (bicyclic) bond motifs is 1. The van der Waals surface area contributed by atoms with Crippen molar-refractivity contribution in [3.8, 4) is 5.75 Å². The van der Waals surface area contributed by atoms with Crippen LogP contribution in [-0.4, -0.2) is 29.3 Å². The quantitative estimate of drug-likeness (QED) is 0.875. The zero-order chi connectivity index (χ0) is 13.3. The van der Waals surface area contributed by atoms with E-state index in [4.69, 9.17) is 21.4 Å². The van der Waals surface area contributed by atoms with Crippen LogP contribution in [0.5, 0.6) is 5.75 Å². The highest BCUT2D eigenvalue weighted by molar-refractivity contribution is 6.30. The summed E-state index contributed by atoms with van der Waals surface area (Å²) in [6.07, 6.45) is -0.0484. The summed E-state index contributed by atoms with van der Waals surface area (Å²) in [4.78, 5) is 12.0. The number of carbonyl (C=O) groups is 1. The molecule has 1 aromatic carbocycles. The molecular formula is C13H16ClNO3. The van der Waals surface area contributed by atoms with E-state index in [0.717, 1.165) is 5.56 Å². The molecule has 0 fully saturated rings. The number of carbonyl (C=O) groups excluding carboxylic acids is 1. The summed E-state index contributed by atoms with van der Waals surface area (Å²) < 4.78 is 5.56. The van der Waals surface area contributed by atoms with Crippen LogP contribution < -0.4 is 10.1 Å². The molecule has 2 rings (SSSR count). The fourth-order valence-electron chi connectivity index (χ4n) is 1.82. The van der Waals surface area contributed by atoms with Gasteiger partial charge in [0.25, 0.3) is 5.91 Å². The summed E-state index contributed by atoms with van der Waals surface area (Å²) in [6.45, 7) is 3.39. The number of aliphatic hydroxyl groups is 1. The second-order valence-corrected chi connectivity index (χ2v) is 5.53. The number of rotatable bonds is 3. The average molecular weight is 270 g/mol. The van der Waals surface area contributed by atoms with Gasteiger partial charge in [0.2, 0.25) is 0 Å². The molecule has 98 valence electrons. The van der Waals surface area contributed by atoms with Crippen molar-refractivity contribution < 1.29 is 14.6 Å². The first-order valence-corrected chi connectivity index (χ1v) is 6.17. The molecule has 0 spiro atoms. The van der Waals surface area contributed by atoms with Gasteiger partial charge < -0.3 is 15.2 Å². The van der Waals surface area contributed by atoms with E-state index in [0.29, 0.717) is 17.2 Å². The minimum Gasteiger partial charge on any atom is -0.480 e. The SMILES string of the molecule is CC(C)(CO)NC(=O)C1Cc2cc(Cl)ccc2O1. The van der Waals surface area contributed by atoms with E-state index >= 15 is 0 Å². The van der Waals surface area contributed by atoms with Crippen molar-refractivity contribution in [3.63, 3.8) is 0 Å². The second kappa shape index (κ2) is 4.78. The Bertz CT molecular complexity index is 473. The maximum Gasteiger partial charge on any atom is 0.261 e. The Morgan fingerprint density at radius 3 is 3.00 bits per heavy atom. The minimum absolute atomic E-state index is 0.121. The van der Waals surface area contributed by atoms with Crippen molar-refractivity contribution in [3.05, 3.63) is 28.8 Å². The lowest BCUT2D eigenvalue weighted by molar-refractivity contribution is -0.129. The second-order valence-electron chi connectivity index (χ2n) is 5.09. The van der Waals surface area contributed by atoms with E-state index in [1.165, 1.54) is 0 Å². The van der Waals surface area contributed by atoms with Gasteiger partial charge in [-0.25, -0.2) is 0 Å². The number of hydrogen-bond donors (Lipinski definition) is 2. The van der Waals surface area contributed by atoms with Crippen molar-refractivity contribution in [1.82, 2.24) is 5.32 Å². The van der Waals surface area contributed by atoms with Crippen LogP contribution in [0.4, 0.5) is 0 Å². The van der Waals surface area contributed by atoms with Crippen molar-refractivity contribution in [2.45, 2.75) is 31.9 Å². The van der Waals surface area contributed by atoms with Crippen molar-refractivity contribution in [2.24, 2.45) is 0 Å². The summed E-state index contributed by atoms with van der Waals surface area (Å²) in [5, 5.41) is 12.5. The first-order chi connectivity index (χ1) is 8.41. The lowest BCUT2D eigenvalue weighted by Crippen LogP contribution is -2.51. The third-order valence-corrected chi connectivity index (χ3v) is 3.08. The number of benzene rings is 1. The number of hydrogen-bond acceptors (Lipinski definition) is 3. The first-order valence-electron chi connectivity index (χ1n) is 5.79. The molecule has 0 aromatic heterocycles. The van der Waals surface area contributed by atoms with Crippen LogP contribution in [0.1, 0.15) is 19.4 Å². The van der Waals surface area contributed by atoms with E-state index in [1.807, 2.05) is 0 Å². The fraction of sp³-hybridized carbons (Fsp3) is 0.462. The van der Waals surface area contributed by atoms with E-state index in [9.17, 15) is 4.79 Å². The molecule has 18 heavy (non-hydrogen) atoms. The maximum atomic E-state index is 12.0. The largest absolute Gasteiger partial charge is 0.480 e. The van der Waals surface area contributed by atoms with Crippen molar-refractivity contribution in [1.29, 1.82) is 0 Å². The highest BCUT2D eigenvalue weighted by Crippen LogP contribution is 2.31. The van der Waals surface area contributed by atoms with E-state index < -0.39 is 11.6 Å². The van der Waals surface area contributed by atoms with Gasteiger partial charge >= 0.3 is 0 Å². The Hall–Kier alpha value is -1.26. The van der Waals surface area contributed by atoms with E-state index in [-0.39, 0.29) is 12.5 Å². The van der Waals surface area contributed by atoms with E-state index in [1.54, 1.807) is 32.0 Å². The van der Waals surface area contributed by atoms with Crippen LogP contribution in [0.15, 0.2) is 18.2 Å². The highest BCUT2D eigenvalue weighted by atomic mass is 35.5. The van der Waals surface area contributed by atoms with Crippen LogP contribution >= 0.6 is 11.6 Å².